The van der Waals surface area contributed by atoms with Crippen molar-refractivity contribution in [3.63, 3.8) is 0 Å². The summed E-state index contributed by atoms with van der Waals surface area (Å²) in [6, 6.07) is 2.61. The summed E-state index contributed by atoms with van der Waals surface area (Å²) in [7, 11) is 0. The van der Waals surface area contributed by atoms with Crippen molar-refractivity contribution in [2.75, 3.05) is 19.6 Å². The lowest BCUT2D eigenvalue weighted by molar-refractivity contribution is -0.123. The second-order valence-corrected chi connectivity index (χ2v) is 11.4. The number of carbonyl (C=O) groups excluding carboxylic acids is 1. The van der Waals surface area contributed by atoms with E-state index in [9.17, 15) is 18.7 Å². The molecular formula is C28H39F2N3O3. The molecule has 2 saturated carbocycles. The van der Waals surface area contributed by atoms with E-state index in [0.29, 0.717) is 35.3 Å². The van der Waals surface area contributed by atoms with Crippen LogP contribution >= 0.6 is 0 Å². The topological polar surface area (TPSA) is 78.6 Å². The molecule has 1 aliphatic heterocycles. The number of likely N-dealkylation sites (tertiary alicyclic amines) is 1. The van der Waals surface area contributed by atoms with Gasteiger partial charge < -0.3 is 19.8 Å². The van der Waals surface area contributed by atoms with Crippen LogP contribution in [0.15, 0.2) is 16.7 Å². The average Bonchev–Trinajstić information content (AvgIpc) is 3.28. The van der Waals surface area contributed by atoms with Gasteiger partial charge >= 0.3 is 0 Å². The minimum atomic E-state index is -0.905. The van der Waals surface area contributed by atoms with Gasteiger partial charge in [-0.2, -0.15) is 0 Å². The Labute approximate surface area is 211 Å². The minimum absolute atomic E-state index is 0.169. The van der Waals surface area contributed by atoms with E-state index in [0.717, 1.165) is 82.8 Å². The number of carbonyl (C=O) groups is 1. The zero-order chi connectivity index (χ0) is 25.1. The number of nitrogens with zero attached hydrogens (tertiary/aromatic N) is 2. The molecule has 36 heavy (non-hydrogen) atoms. The summed E-state index contributed by atoms with van der Waals surface area (Å²) in [6.07, 6.45) is 11.6. The van der Waals surface area contributed by atoms with E-state index < -0.39 is 11.6 Å². The highest BCUT2D eigenvalue weighted by Gasteiger charge is 2.28. The number of piperidine rings is 1. The molecule has 2 N–H and O–H groups in total. The number of aliphatic hydroxyl groups excluding tert-OH is 1. The molecular weight excluding hydrogens is 464 g/mol. The van der Waals surface area contributed by atoms with Crippen molar-refractivity contribution in [2.24, 2.45) is 11.8 Å². The van der Waals surface area contributed by atoms with Crippen molar-refractivity contribution in [3.05, 3.63) is 29.5 Å². The maximum Gasteiger partial charge on any atom is 0.220 e. The number of fused-ring (bicyclic) bond motifs is 1. The zero-order valence-electron chi connectivity index (χ0n) is 21.1. The first-order valence-electron chi connectivity index (χ1n) is 13.9. The van der Waals surface area contributed by atoms with Crippen LogP contribution in [0.5, 0.6) is 0 Å². The van der Waals surface area contributed by atoms with Gasteiger partial charge in [-0.3, -0.25) is 4.79 Å². The molecule has 198 valence electrons. The van der Waals surface area contributed by atoms with Crippen molar-refractivity contribution in [1.82, 2.24) is 15.4 Å². The Bertz CT molecular complexity index is 1020. The van der Waals surface area contributed by atoms with Crippen molar-refractivity contribution in [1.29, 1.82) is 0 Å². The second kappa shape index (κ2) is 11.5. The summed E-state index contributed by atoms with van der Waals surface area (Å²) in [5.74, 6) is -0.212. The standard InChI is InChI=1S/C28H39F2N3O3/c29-24-16-23-26(17-25(24)30)36-32-28(23)20-10-13-33(14-11-20)12-9-18-1-5-21(6-2-18)31-27(35)15-19-3-7-22(34)8-4-19/h16-22,34H,1-15H2,(H,31,35)/t18-,19-,21-,22-. The Morgan fingerprint density at radius 2 is 1.64 bits per heavy atom. The van der Waals surface area contributed by atoms with E-state index in [1.54, 1.807) is 0 Å². The number of aromatic nitrogens is 1. The van der Waals surface area contributed by atoms with Crippen LogP contribution in [0.1, 0.15) is 88.7 Å². The highest BCUT2D eigenvalue weighted by molar-refractivity contribution is 5.80. The number of benzene rings is 1. The summed E-state index contributed by atoms with van der Waals surface area (Å²) in [6.45, 7) is 3.04. The number of hydrogen-bond donors (Lipinski definition) is 2. The number of halogens is 2. The van der Waals surface area contributed by atoms with Gasteiger partial charge in [0.25, 0.3) is 0 Å². The summed E-state index contributed by atoms with van der Waals surface area (Å²) < 4.78 is 32.5. The molecule has 0 atom stereocenters. The molecule has 5 rings (SSSR count). The first kappa shape index (κ1) is 25.6. The minimum Gasteiger partial charge on any atom is -0.393 e. The lowest BCUT2D eigenvalue weighted by atomic mass is 9.83. The van der Waals surface area contributed by atoms with Gasteiger partial charge in [0.15, 0.2) is 17.2 Å². The second-order valence-electron chi connectivity index (χ2n) is 11.4. The van der Waals surface area contributed by atoms with E-state index in [1.807, 2.05) is 0 Å². The van der Waals surface area contributed by atoms with Crippen molar-refractivity contribution in [3.8, 4) is 0 Å². The Morgan fingerprint density at radius 3 is 2.36 bits per heavy atom. The van der Waals surface area contributed by atoms with E-state index >= 15 is 0 Å². The molecule has 6 nitrogen and oxygen atoms in total. The quantitative estimate of drug-likeness (QED) is 0.537. The van der Waals surface area contributed by atoms with E-state index in [2.05, 4.69) is 15.4 Å². The number of nitrogens with one attached hydrogen (secondary N) is 1. The predicted molar refractivity (Wildman–Crippen MR) is 133 cm³/mol. The third-order valence-electron chi connectivity index (χ3n) is 8.87. The van der Waals surface area contributed by atoms with Crippen LogP contribution in [0.25, 0.3) is 11.0 Å². The molecule has 1 aromatic carbocycles. The van der Waals surface area contributed by atoms with Crippen LogP contribution in [0.4, 0.5) is 8.78 Å². The lowest BCUT2D eigenvalue weighted by Gasteiger charge is -2.34. The first-order chi connectivity index (χ1) is 17.4. The third kappa shape index (κ3) is 6.25. The molecule has 3 fully saturated rings. The maximum atomic E-state index is 13.7. The highest BCUT2D eigenvalue weighted by atomic mass is 19.2. The monoisotopic (exact) mass is 503 g/mol. The van der Waals surface area contributed by atoms with E-state index in [1.165, 1.54) is 25.3 Å². The molecule has 1 saturated heterocycles. The van der Waals surface area contributed by atoms with Gasteiger partial charge in [-0.25, -0.2) is 8.78 Å². The van der Waals surface area contributed by atoms with Crippen molar-refractivity contribution >= 4 is 16.9 Å². The Balaban J connectivity index is 0.995. The Hall–Kier alpha value is -2.06. The molecule has 0 unspecified atom stereocenters. The van der Waals surface area contributed by atoms with Crippen LogP contribution in [-0.4, -0.2) is 52.9 Å². The van der Waals surface area contributed by atoms with Gasteiger partial charge in [-0.15, -0.1) is 0 Å². The smallest absolute Gasteiger partial charge is 0.220 e. The van der Waals surface area contributed by atoms with E-state index in [4.69, 9.17) is 4.52 Å². The van der Waals surface area contributed by atoms with Crippen LogP contribution < -0.4 is 5.32 Å². The highest BCUT2D eigenvalue weighted by Crippen LogP contribution is 2.34. The van der Waals surface area contributed by atoms with Gasteiger partial charge in [0, 0.05) is 29.8 Å². The number of amides is 1. The largest absolute Gasteiger partial charge is 0.393 e. The Kier molecular flexibility index (Phi) is 8.21. The zero-order valence-corrected chi connectivity index (χ0v) is 21.1. The van der Waals surface area contributed by atoms with Crippen LogP contribution in [-0.2, 0) is 4.79 Å². The summed E-state index contributed by atoms with van der Waals surface area (Å²) in [5.41, 5.74) is 1.07. The van der Waals surface area contributed by atoms with Crippen LogP contribution in [0.3, 0.4) is 0 Å². The fraction of sp³-hybridized carbons (Fsp3) is 0.714. The van der Waals surface area contributed by atoms with Crippen LogP contribution in [0.2, 0.25) is 0 Å². The molecule has 0 spiro atoms. The van der Waals surface area contributed by atoms with Crippen molar-refractivity contribution < 1.29 is 23.2 Å². The molecule has 2 heterocycles. The van der Waals surface area contributed by atoms with Crippen molar-refractivity contribution in [2.45, 2.75) is 95.1 Å². The fourth-order valence-corrected chi connectivity index (χ4v) is 6.53. The number of aliphatic hydroxyl groups is 1. The van der Waals surface area contributed by atoms with Gasteiger partial charge in [0.1, 0.15) is 0 Å². The van der Waals surface area contributed by atoms with Gasteiger partial charge in [-0.1, -0.05) is 5.16 Å². The molecule has 1 aromatic heterocycles. The van der Waals surface area contributed by atoms with Gasteiger partial charge in [0.2, 0.25) is 5.91 Å². The Morgan fingerprint density at radius 1 is 0.972 bits per heavy atom. The summed E-state index contributed by atoms with van der Waals surface area (Å²) in [5, 5.41) is 17.6. The number of hydrogen-bond acceptors (Lipinski definition) is 5. The third-order valence-corrected chi connectivity index (χ3v) is 8.87. The fourth-order valence-electron chi connectivity index (χ4n) is 6.53. The van der Waals surface area contributed by atoms with Crippen LogP contribution in [0, 0.1) is 23.5 Å². The van der Waals surface area contributed by atoms with E-state index in [-0.39, 0.29) is 17.9 Å². The normalized spacial score (nSPS) is 28.4. The molecule has 2 aromatic rings. The predicted octanol–water partition coefficient (Wildman–Crippen LogP) is 5.29. The molecule has 1 amide bonds. The van der Waals surface area contributed by atoms with Gasteiger partial charge in [-0.05, 0) is 108 Å². The SMILES string of the molecule is O=C(C[C@H]1CC[C@H](O)CC1)N[C@H]1CC[C@H](CCN2CCC(c3noc4cc(F)c(F)cc34)CC2)CC1. The molecule has 8 heteroatoms. The average molecular weight is 504 g/mol. The van der Waals surface area contributed by atoms with Gasteiger partial charge in [0.05, 0.1) is 11.8 Å². The summed E-state index contributed by atoms with van der Waals surface area (Å²) in [4.78, 5) is 15.0. The summed E-state index contributed by atoms with van der Waals surface area (Å²) >= 11 is 0. The number of rotatable bonds is 7. The molecule has 2 aliphatic carbocycles. The maximum absolute atomic E-state index is 13.7. The molecule has 3 aliphatic rings. The first-order valence-corrected chi connectivity index (χ1v) is 13.9. The molecule has 0 radical (unpaired) electrons. The lowest BCUT2D eigenvalue weighted by Crippen LogP contribution is -2.39. The molecule has 0 bridgehead atoms.